The molecule has 11 heteroatoms. The number of hydrogen-bond donors (Lipinski definition) is 3. The van der Waals surface area contributed by atoms with Crippen LogP contribution >= 0.6 is 0 Å². The molecule has 0 saturated carbocycles. The van der Waals surface area contributed by atoms with Crippen molar-refractivity contribution in [3.63, 3.8) is 0 Å². The van der Waals surface area contributed by atoms with Crippen LogP contribution < -0.4 is 16.5 Å². The maximum absolute atomic E-state index is 12.3. The summed E-state index contributed by atoms with van der Waals surface area (Å²) in [5, 5.41) is 5.00. The summed E-state index contributed by atoms with van der Waals surface area (Å²) in [4.78, 5) is 50.8. The first-order chi connectivity index (χ1) is 21.6. The number of rotatable bonds is 13. The highest BCUT2D eigenvalue weighted by molar-refractivity contribution is 5.90. The van der Waals surface area contributed by atoms with Gasteiger partial charge in [-0.2, -0.15) is 0 Å². The van der Waals surface area contributed by atoms with E-state index in [0.29, 0.717) is 25.3 Å². The average Bonchev–Trinajstić information content (AvgIpc) is 3.01. The molecule has 1 aliphatic heterocycles. The number of carbonyl (C=O) groups excluding carboxylic acids is 4. The standard InChI is InChI=1S/C21H29NO.C14H24N4O5/c1-6-19-12-11-18-10-9-17(15-20(18)22-19)8-7-16(2)13-14-23-21(3,4)5;1-8(2)11(23-7-19)13(21)16-9(3)14(22)18-6-4-5-10(17-18)12(15)20/h7-12,15-16H,6,13-14H2,1-5H3;7-11,17H,4-6H2,1-3H3,(H2,15,20)(H,16,21)/b8-7+;. The Morgan fingerprint density at radius 1 is 1.15 bits per heavy atom. The van der Waals surface area contributed by atoms with E-state index in [9.17, 15) is 19.2 Å². The quantitative estimate of drug-likeness (QED) is 0.274. The van der Waals surface area contributed by atoms with E-state index in [1.807, 2.05) is 0 Å². The molecule has 11 nitrogen and oxygen atoms in total. The minimum absolute atomic E-state index is 0.0512. The minimum Gasteiger partial charge on any atom is -0.454 e. The fraction of sp³-hybridized carbons (Fsp3) is 0.571. The van der Waals surface area contributed by atoms with Gasteiger partial charge >= 0.3 is 0 Å². The molecule has 0 radical (unpaired) electrons. The molecular formula is C35H53N5O6. The number of nitrogens with zero attached hydrogens (tertiary/aromatic N) is 2. The largest absolute Gasteiger partial charge is 0.454 e. The summed E-state index contributed by atoms with van der Waals surface area (Å²) < 4.78 is 10.5. The summed E-state index contributed by atoms with van der Waals surface area (Å²) in [6.07, 6.45) is 6.70. The summed E-state index contributed by atoms with van der Waals surface area (Å²) in [7, 11) is 0. The monoisotopic (exact) mass is 639 g/mol. The number of amides is 3. The van der Waals surface area contributed by atoms with E-state index in [0.717, 1.165) is 30.7 Å². The lowest BCUT2D eigenvalue weighted by Crippen LogP contribution is -2.60. The molecule has 3 rings (SSSR count). The Labute approximate surface area is 273 Å². The number of pyridine rings is 1. The van der Waals surface area contributed by atoms with Crippen LogP contribution in [0.5, 0.6) is 0 Å². The molecule has 4 atom stereocenters. The molecule has 1 saturated heterocycles. The van der Waals surface area contributed by atoms with Gasteiger partial charge in [0, 0.05) is 24.2 Å². The number of primary amides is 1. The van der Waals surface area contributed by atoms with E-state index in [4.69, 9.17) is 20.2 Å². The Hall–Kier alpha value is -3.83. The number of aromatic nitrogens is 1. The lowest BCUT2D eigenvalue weighted by atomic mass is 10.0. The molecule has 3 amide bonds. The molecule has 0 aliphatic carbocycles. The predicted octanol–water partition coefficient (Wildman–Crippen LogP) is 4.32. The molecule has 4 N–H and O–H groups in total. The molecule has 1 aliphatic rings. The second-order valence-corrected chi connectivity index (χ2v) is 13.0. The minimum atomic E-state index is -0.963. The highest BCUT2D eigenvalue weighted by Gasteiger charge is 2.31. The van der Waals surface area contributed by atoms with E-state index in [1.165, 1.54) is 22.9 Å². The van der Waals surface area contributed by atoms with Crippen LogP contribution in [0.15, 0.2) is 36.4 Å². The number of aryl methyl sites for hydroxylation is 1. The molecule has 1 aromatic heterocycles. The van der Waals surface area contributed by atoms with Gasteiger partial charge in [0.2, 0.25) is 5.91 Å². The van der Waals surface area contributed by atoms with Crippen molar-refractivity contribution >= 4 is 41.2 Å². The fourth-order valence-electron chi connectivity index (χ4n) is 4.72. The van der Waals surface area contributed by atoms with E-state index in [-0.39, 0.29) is 18.0 Å². The number of hydrogen-bond acceptors (Lipinski definition) is 8. The van der Waals surface area contributed by atoms with Gasteiger partial charge in [-0.3, -0.25) is 29.2 Å². The molecule has 1 aromatic carbocycles. The summed E-state index contributed by atoms with van der Waals surface area (Å²) in [5.41, 5.74) is 11.4. The van der Waals surface area contributed by atoms with Gasteiger partial charge in [-0.15, -0.1) is 0 Å². The fourth-order valence-corrected chi connectivity index (χ4v) is 4.72. The van der Waals surface area contributed by atoms with Crippen LogP contribution in [-0.2, 0) is 35.1 Å². The van der Waals surface area contributed by atoms with Gasteiger partial charge in [0.15, 0.2) is 6.10 Å². The van der Waals surface area contributed by atoms with Crippen molar-refractivity contribution in [1.82, 2.24) is 20.7 Å². The van der Waals surface area contributed by atoms with Gasteiger partial charge in [0.1, 0.15) is 12.1 Å². The van der Waals surface area contributed by atoms with Crippen LogP contribution in [0.2, 0.25) is 0 Å². The van der Waals surface area contributed by atoms with E-state index >= 15 is 0 Å². The third-order valence-electron chi connectivity index (χ3n) is 7.45. The number of allylic oxidation sites excluding steroid dienone is 1. The molecule has 1 fully saturated rings. The Morgan fingerprint density at radius 3 is 2.46 bits per heavy atom. The van der Waals surface area contributed by atoms with Gasteiger partial charge in [-0.1, -0.05) is 58.0 Å². The van der Waals surface area contributed by atoms with Crippen LogP contribution in [0, 0.1) is 11.8 Å². The Balaban J connectivity index is 0.000000320. The maximum Gasteiger partial charge on any atom is 0.293 e. The zero-order chi connectivity index (χ0) is 34.4. The van der Waals surface area contributed by atoms with E-state index in [2.05, 4.69) is 87.8 Å². The van der Waals surface area contributed by atoms with Crippen LogP contribution in [0.1, 0.15) is 85.9 Å². The molecule has 0 bridgehead atoms. The highest BCUT2D eigenvalue weighted by atomic mass is 16.5. The lowest BCUT2D eigenvalue weighted by Gasteiger charge is -2.34. The number of ether oxygens (including phenoxy) is 2. The zero-order valence-corrected chi connectivity index (χ0v) is 28.7. The number of nitrogens with two attached hydrogens (primary N) is 1. The van der Waals surface area contributed by atoms with Crippen molar-refractivity contribution in [2.45, 2.75) is 105 Å². The lowest BCUT2D eigenvalue weighted by molar-refractivity contribution is -0.150. The van der Waals surface area contributed by atoms with Crippen molar-refractivity contribution in [2.24, 2.45) is 17.6 Å². The van der Waals surface area contributed by atoms with Crippen molar-refractivity contribution in [3.05, 3.63) is 47.7 Å². The topological polar surface area (TPSA) is 153 Å². The molecule has 0 spiro atoms. The van der Waals surface area contributed by atoms with Crippen molar-refractivity contribution < 1.29 is 28.7 Å². The smallest absolute Gasteiger partial charge is 0.293 e. The zero-order valence-electron chi connectivity index (χ0n) is 28.7. The van der Waals surface area contributed by atoms with Crippen LogP contribution in [-0.4, -0.2) is 71.1 Å². The maximum atomic E-state index is 12.3. The predicted molar refractivity (Wildman–Crippen MR) is 180 cm³/mol. The van der Waals surface area contributed by atoms with E-state index < -0.39 is 35.9 Å². The first kappa shape index (κ1) is 38.4. The van der Waals surface area contributed by atoms with Crippen molar-refractivity contribution in [1.29, 1.82) is 0 Å². The highest BCUT2D eigenvalue weighted by Crippen LogP contribution is 2.18. The normalized spacial score (nSPS) is 17.2. The first-order valence-electron chi connectivity index (χ1n) is 16.1. The number of benzene rings is 1. The van der Waals surface area contributed by atoms with E-state index in [1.54, 1.807) is 13.8 Å². The third kappa shape index (κ3) is 12.9. The van der Waals surface area contributed by atoms with Gasteiger partial charge in [-0.05, 0) is 82.9 Å². The summed E-state index contributed by atoms with van der Waals surface area (Å²) >= 11 is 0. The molecule has 254 valence electrons. The molecule has 4 unspecified atom stereocenters. The molecular weight excluding hydrogens is 586 g/mol. The van der Waals surface area contributed by atoms with Gasteiger partial charge in [0.25, 0.3) is 18.3 Å². The third-order valence-corrected chi connectivity index (χ3v) is 7.45. The average molecular weight is 640 g/mol. The van der Waals surface area contributed by atoms with Gasteiger partial charge in [0.05, 0.1) is 11.1 Å². The SMILES string of the molecule is CC(NC(=O)C(OC=O)C(C)C)C(=O)N1CCCC(C(N)=O)N1.CCc1ccc2ccc(/C=C/C(C)CCOC(C)(C)C)cc2n1. The van der Waals surface area contributed by atoms with Crippen molar-refractivity contribution in [3.8, 4) is 0 Å². The van der Waals surface area contributed by atoms with Crippen LogP contribution in [0.25, 0.3) is 17.0 Å². The Bertz CT molecular complexity index is 1340. The van der Waals surface area contributed by atoms with Gasteiger partial charge in [-0.25, -0.2) is 5.43 Å². The molecule has 46 heavy (non-hydrogen) atoms. The van der Waals surface area contributed by atoms with Crippen molar-refractivity contribution in [2.75, 3.05) is 13.2 Å². The summed E-state index contributed by atoms with van der Waals surface area (Å²) in [6.45, 7) is 17.1. The summed E-state index contributed by atoms with van der Waals surface area (Å²) in [5.74, 6) is -1.19. The Morgan fingerprint density at radius 2 is 1.85 bits per heavy atom. The van der Waals surface area contributed by atoms with Crippen LogP contribution in [0.3, 0.4) is 0 Å². The first-order valence-corrected chi connectivity index (χ1v) is 16.1. The van der Waals surface area contributed by atoms with Gasteiger partial charge < -0.3 is 20.5 Å². The number of nitrogens with one attached hydrogen (secondary N) is 2. The molecule has 2 aromatic rings. The number of hydrazine groups is 1. The Kier molecular flexibility index (Phi) is 15.3. The second-order valence-electron chi connectivity index (χ2n) is 13.0. The number of carbonyl (C=O) groups is 4. The molecule has 2 heterocycles. The number of fused-ring (bicyclic) bond motifs is 1. The second kappa shape index (κ2) is 18.3. The van der Waals surface area contributed by atoms with Crippen LogP contribution in [0.4, 0.5) is 0 Å². The summed E-state index contributed by atoms with van der Waals surface area (Å²) in [6, 6.07) is 9.30.